The highest BCUT2D eigenvalue weighted by atomic mass is 19.3. The second-order valence-corrected chi connectivity index (χ2v) is 7.53. The van der Waals surface area contributed by atoms with Crippen molar-refractivity contribution >= 4 is 5.91 Å². The molecule has 1 amide bonds. The zero-order valence-electron chi connectivity index (χ0n) is 13.7. The summed E-state index contributed by atoms with van der Waals surface area (Å²) < 4.78 is 29.1. The average molecular weight is 302 g/mol. The van der Waals surface area contributed by atoms with E-state index in [9.17, 15) is 13.6 Å². The molecule has 0 atom stereocenters. The first-order valence-electron chi connectivity index (χ1n) is 8.06. The van der Waals surface area contributed by atoms with Gasteiger partial charge >= 0.3 is 0 Å². The summed E-state index contributed by atoms with van der Waals surface area (Å²) >= 11 is 0. The second-order valence-electron chi connectivity index (χ2n) is 7.53. The van der Waals surface area contributed by atoms with Crippen LogP contribution < -0.4 is 0 Å². The molecule has 2 heterocycles. The zero-order chi connectivity index (χ0) is 15.8. The molecule has 0 aromatic carbocycles. The van der Waals surface area contributed by atoms with Crippen LogP contribution in [0, 0.1) is 17.3 Å². The molecule has 0 saturated carbocycles. The Kier molecular flexibility index (Phi) is 4.62. The predicted octanol–water partition coefficient (Wildman–Crippen LogP) is 2.86. The maximum Gasteiger partial charge on any atom is 0.267 e. The number of hydrogen-bond acceptors (Lipinski definition) is 2. The molecular weight excluding hydrogens is 274 g/mol. The highest BCUT2D eigenvalue weighted by Gasteiger charge is 2.60. The first-order valence-corrected chi connectivity index (χ1v) is 8.06. The number of amides is 1. The zero-order valence-corrected chi connectivity index (χ0v) is 13.7. The van der Waals surface area contributed by atoms with Gasteiger partial charge in [-0.05, 0) is 18.8 Å². The minimum absolute atomic E-state index is 0.0550. The van der Waals surface area contributed by atoms with E-state index < -0.39 is 11.3 Å². The van der Waals surface area contributed by atoms with E-state index in [1.165, 1.54) is 0 Å². The molecule has 0 radical (unpaired) electrons. The Morgan fingerprint density at radius 1 is 1.10 bits per heavy atom. The van der Waals surface area contributed by atoms with Crippen molar-refractivity contribution in [3.8, 4) is 0 Å². The summed E-state index contributed by atoms with van der Waals surface area (Å²) in [7, 11) is 0. The largest absolute Gasteiger partial charge is 0.342 e. The number of carbonyl (C=O) groups excluding carboxylic acids is 1. The van der Waals surface area contributed by atoms with Gasteiger partial charge in [-0.1, -0.05) is 27.7 Å². The van der Waals surface area contributed by atoms with Crippen molar-refractivity contribution in [2.24, 2.45) is 17.3 Å². The molecule has 5 heteroatoms. The topological polar surface area (TPSA) is 23.6 Å². The van der Waals surface area contributed by atoms with Crippen molar-refractivity contribution in [3.05, 3.63) is 0 Å². The van der Waals surface area contributed by atoms with Gasteiger partial charge in [0.25, 0.3) is 5.92 Å². The van der Waals surface area contributed by atoms with E-state index in [0.29, 0.717) is 38.4 Å². The van der Waals surface area contributed by atoms with E-state index in [2.05, 4.69) is 13.8 Å². The lowest BCUT2D eigenvalue weighted by atomic mass is 9.75. The Morgan fingerprint density at radius 3 is 2.14 bits per heavy atom. The highest BCUT2D eigenvalue weighted by Crippen LogP contribution is 2.50. The Balaban J connectivity index is 2.02. The lowest BCUT2D eigenvalue weighted by Gasteiger charge is -2.42. The third-order valence-electron chi connectivity index (χ3n) is 4.87. The van der Waals surface area contributed by atoms with Crippen molar-refractivity contribution < 1.29 is 13.6 Å². The number of nitrogens with zero attached hydrogens (tertiary/aromatic N) is 2. The predicted molar refractivity (Wildman–Crippen MR) is 79.3 cm³/mol. The average Bonchev–Trinajstić information content (AvgIpc) is 2.59. The fourth-order valence-electron chi connectivity index (χ4n) is 3.74. The Morgan fingerprint density at radius 2 is 1.67 bits per heavy atom. The fraction of sp³-hybridized carbons (Fsp3) is 0.938. The number of piperidine rings is 1. The van der Waals surface area contributed by atoms with Gasteiger partial charge in [-0.15, -0.1) is 0 Å². The second kappa shape index (κ2) is 5.82. The molecule has 0 aliphatic carbocycles. The van der Waals surface area contributed by atoms with Crippen LogP contribution in [0.2, 0.25) is 0 Å². The molecular formula is C16H28F2N2O. The van der Waals surface area contributed by atoms with E-state index >= 15 is 0 Å². The number of carbonyl (C=O) groups is 1. The van der Waals surface area contributed by atoms with E-state index in [0.717, 1.165) is 6.54 Å². The maximum atomic E-state index is 14.5. The van der Waals surface area contributed by atoms with Gasteiger partial charge in [0.15, 0.2) is 0 Å². The lowest BCUT2D eigenvalue weighted by molar-refractivity contribution is -0.144. The summed E-state index contributed by atoms with van der Waals surface area (Å²) in [6.07, 6.45) is 0.847. The molecule has 0 N–H and O–H groups in total. The van der Waals surface area contributed by atoms with Crippen molar-refractivity contribution in [2.45, 2.75) is 46.5 Å². The first kappa shape index (κ1) is 16.7. The molecule has 2 rings (SSSR count). The van der Waals surface area contributed by atoms with Crippen LogP contribution in [0.1, 0.15) is 40.5 Å². The molecule has 1 spiro atoms. The molecule has 122 valence electrons. The number of hydrogen-bond donors (Lipinski definition) is 0. The van der Waals surface area contributed by atoms with Crippen LogP contribution in [0.15, 0.2) is 0 Å². The van der Waals surface area contributed by atoms with Gasteiger partial charge in [-0.3, -0.25) is 9.69 Å². The molecule has 0 aromatic rings. The maximum absolute atomic E-state index is 14.5. The van der Waals surface area contributed by atoms with Crippen LogP contribution in [0.5, 0.6) is 0 Å². The minimum Gasteiger partial charge on any atom is -0.342 e. The standard InChI is InChI=1S/C16H28F2N2O/c1-12(2)9-19-10-15(16(17,18)11-19)5-7-20(8-6-15)14(21)13(3)4/h12-13H,5-11H2,1-4H3. The number of alkyl halides is 2. The molecule has 21 heavy (non-hydrogen) atoms. The van der Waals surface area contributed by atoms with Gasteiger partial charge in [-0.2, -0.15) is 0 Å². The molecule has 2 aliphatic rings. The summed E-state index contributed by atoms with van der Waals surface area (Å²) in [5, 5.41) is 0. The van der Waals surface area contributed by atoms with Crippen molar-refractivity contribution in [3.63, 3.8) is 0 Å². The van der Waals surface area contributed by atoms with Gasteiger partial charge in [0, 0.05) is 32.1 Å². The van der Waals surface area contributed by atoms with E-state index in [-0.39, 0.29) is 18.4 Å². The first-order chi connectivity index (χ1) is 9.67. The summed E-state index contributed by atoms with van der Waals surface area (Å²) in [4.78, 5) is 15.7. The third kappa shape index (κ3) is 3.22. The fourth-order valence-corrected chi connectivity index (χ4v) is 3.74. The Hall–Kier alpha value is -0.710. The summed E-state index contributed by atoms with van der Waals surface area (Å²) in [6.45, 7) is 9.88. The van der Waals surface area contributed by atoms with Crippen LogP contribution >= 0.6 is 0 Å². The molecule has 2 aliphatic heterocycles. The van der Waals surface area contributed by atoms with Gasteiger partial charge in [0.05, 0.1) is 12.0 Å². The Labute approximate surface area is 126 Å². The molecule has 2 saturated heterocycles. The van der Waals surface area contributed by atoms with Crippen LogP contribution in [0.4, 0.5) is 8.78 Å². The number of halogens is 2. The van der Waals surface area contributed by atoms with Crippen molar-refractivity contribution in [1.29, 1.82) is 0 Å². The molecule has 0 aromatic heterocycles. The van der Waals surface area contributed by atoms with Gasteiger partial charge < -0.3 is 4.90 Å². The van der Waals surface area contributed by atoms with Crippen molar-refractivity contribution in [2.75, 3.05) is 32.7 Å². The van der Waals surface area contributed by atoms with E-state index in [1.54, 1.807) is 4.90 Å². The van der Waals surface area contributed by atoms with E-state index in [4.69, 9.17) is 0 Å². The Bertz CT molecular complexity index is 388. The van der Waals surface area contributed by atoms with Crippen molar-refractivity contribution in [1.82, 2.24) is 9.80 Å². The van der Waals surface area contributed by atoms with E-state index in [1.807, 2.05) is 18.7 Å². The number of rotatable bonds is 3. The molecule has 0 bridgehead atoms. The lowest BCUT2D eigenvalue weighted by Crippen LogP contribution is -2.51. The number of likely N-dealkylation sites (tertiary alicyclic amines) is 2. The van der Waals surface area contributed by atoms with Gasteiger partial charge in [0.1, 0.15) is 0 Å². The molecule has 3 nitrogen and oxygen atoms in total. The molecule has 0 unspecified atom stereocenters. The smallest absolute Gasteiger partial charge is 0.267 e. The van der Waals surface area contributed by atoms with Crippen LogP contribution in [-0.2, 0) is 4.79 Å². The minimum atomic E-state index is -2.63. The van der Waals surface area contributed by atoms with Crippen LogP contribution in [0.25, 0.3) is 0 Å². The quantitative estimate of drug-likeness (QED) is 0.800. The van der Waals surface area contributed by atoms with Crippen LogP contribution in [0.3, 0.4) is 0 Å². The normalized spacial score (nSPS) is 25.2. The summed E-state index contributed by atoms with van der Waals surface area (Å²) in [5.74, 6) is -2.20. The van der Waals surface area contributed by atoms with Crippen LogP contribution in [-0.4, -0.2) is 54.4 Å². The highest BCUT2D eigenvalue weighted by molar-refractivity contribution is 5.78. The SMILES string of the molecule is CC(C)CN1CC(F)(F)C2(CCN(C(=O)C(C)C)CC2)C1. The summed E-state index contributed by atoms with van der Waals surface area (Å²) in [5.41, 5.74) is -0.921. The summed E-state index contributed by atoms with van der Waals surface area (Å²) in [6, 6.07) is 0. The van der Waals surface area contributed by atoms with Gasteiger partial charge in [0.2, 0.25) is 5.91 Å². The third-order valence-corrected chi connectivity index (χ3v) is 4.87. The monoisotopic (exact) mass is 302 g/mol. The molecule has 2 fully saturated rings. The van der Waals surface area contributed by atoms with Gasteiger partial charge in [-0.25, -0.2) is 8.78 Å².